The van der Waals surface area contributed by atoms with Gasteiger partial charge in [0.15, 0.2) is 0 Å². The van der Waals surface area contributed by atoms with Gasteiger partial charge in [0.2, 0.25) is 20.9 Å². The Morgan fingerprint density at radius 3 is 2.76 bits per heavy atom. The largest absolute Gasteiger partial charge is 0.478 e. The average molecular weight is 311 g/mol. The van der Waals surface area contributed by atoms with Crippen molar-refractivity contribution in [1.29, 1.82) is 0 Å². The minimum atomic E-state index is -3.64. The molecule has 8 heteroatoms. The quantitative estimate of drug-likeness (QED) is 0.843. The van der Waals surface area contributed by atoms with Crippen LogP contribution in [0.25, 0.3) is 0 Å². The van der Waals surface area contributed by atoms with Crippen LogP contribution in [0.4, 0.5) is 0 Å². The van der Waals surface area contributed by atoms with Gasteiger partial charge in [0.25, 0.3) is 0 Å². The van der Waals surface area contributed by atoms with Crippen LogP contribution in [0.3, 0.4) is 0 Å². The van der Waals surface area contributed by atoms with E-state index in [0.717, 1.165) is 0 Å². The monoisotopic (exact) mass is 311 g/mol. The third-order valence-electron chi connectivity index (χ3n) is 2.89. The number of pyridine rings is 1. The second-order valence-corrected chi connectivity index (χ2v) is 6.29. The summed E-state index contributed by atoms with van der Waals surface area (Å²) < 4.78 is 31.4. The maximum Gasteiger partial charge on any atom is 0.228 e. The number of nitrogens with zero attached hydrogens (tertiary/aromatic N) is 3. The van der Waals surface area contributed by atoms with Crippen LogP contribution >= 0.6 is 0 Å². The Morgan fingerprint density at radius 2 is 2.14 bits per heavy atom. The van der Waals surface area contributed by atoms with E-state index >= 15 is 0 Å². The van der Waals surface area contributed by atoms with Crippen LogP contribution in [0.15, 0.2) is 29.6 Å². The smallest absolute Gasteiger partial charge is 0.228 e. The number of sulfone groups is 1. The molecule has 7 nitrogen and oxygen atoms in total. The summed E-state index contributed by atoms with van der Waals surface area (Å²) in [5.41, 5.74) is 0.819. The number of aliphatic hydroxyl groups excluding tert-OH is 1. The van der Waals surface area contributed by atoms with Gasteiger partial charge < -0.3 is 14.4 Å². The van der Waals surface area contributed by atoms with E-state index in [2.05, 4.69) is 9.97 Å². The van der Waals surface area contributed by atoms with Crippen LogP contribution in [0, 0.1) is 0 Å². The molecule has 0 aliphatic rings. The first-order chi connectivity index (χ1) is 9.97. The highest BCUT2D eigenvalue weighted by Gasteiger charge is 2.22. The highest BCUT2D eigenvalue weighted by molar-refractivity contribution is 7.90. The summed E-state index contributed by atoms with van der Waals surface area (Å²) in [5.74, 6) is 0.116. The fourth-order valence-electron chi connectivity index (χ4n) is 1.89. The Balaban J connectivity index is 2.28. The van der Waals surface area contributed by atoms with Gasteiger partial charge in [-0.05, 0) is 13.0 Å². The Labute approximate surface area is 123 Å². The Hall–Kier alpha value is -1.93. The summed E-state index contributed by atoms with van der Waals surface area (Å²) in [5, 5.41) is 9.01. The lowest BCUT2D eigenvalue weighted by Gasteiger charge is -2.07. The first kappa shape index (κ1) is 15.5. The number of aromatic nitrogens is 3. The molecule has 21 heavy (non-hydrogen) atoms. The van der Waals surface area contributed by atoms with Crippen molar-refractivity contribution in [2.24, 2.45) is 7.05 Å². The molecule has 0 spiro atoms. The van der Waals surface area contributed by atoms with Crippen LogP contribution in [0.2, 0.25) is 0 Å². The third-order valence-corrected chi connectivity index (χ3v) is 4.50. The fourth-order valence-corrected chi connectivity index (χ4v) is 3.31. The summed E-state index contributed by atoms with van der Waals surface area (Å²) in [7, 11) is -2.09. The van der Waals surface area contributed by atoms with Gasteiger partial charge in [-0.2, -0.15) is 0 Å². The normalized spacial score (nSPS) is 11.6. The van der Waals surface area contributed by atoms with Gasteiger partial charge in [0.05, 0.1) is 30.8 Å². The van der Waals surface area contributed by atoms with Crippen molar-refractivity contribution < 1.29 is 18.3 Å². The molecule has 2 rings (SSSR count). The molecule has 0 bridgehead atoms. The number of hydrogen-bond acceptors (Lipinski definition) is 6. The molecule has 0 aliphatic carbocycles. The maximum atomic E-state index is 12.4. The van der Waals surface area contributed by atoms with E-state index in [1.165, 1.54) is 10.8 Å². The highest BCUT2D eigenvalue weighted by Crippen LogP contribution is 2.17. The summed E-state index contributed by atoms with van der Waals surface area (Å²) in [6.07, 6.45) is 1.34. The SMILES string of the molecule is CCOc1cccc(CS(=O)(=O)c2ncc(CO)n2C)n1. The van der Waals surface area contributed by atoms with E-state index in [1.54, 1.807) is 25.2 Å². The predicted octanol–water partition coefficient (Wildman–Crippen LogP) is 0.680. The van der Waals surface area contributed by atoms with E-state index in [4.69, 9.17) is 9.84 Å². The number of hydrogen-bond donors (Lipinski definition) is 1. The van der Waals surface area contributed by atoms with Crippen molar-refractivity contribution in [3.63, 3.8) is 0 Å². The number of imidazole rings is 1. The fraction of sp³-hybridized carbons (Fsp3) is 0.385. The minimum absolute atomic E-state index is 0.0878. The van der Waals surface area contributed by atoms with E-state index in [1.807, 2.05) is 6.92 Å². The van der Waals surface area contributed by atoms with Crippen molar-refractivity contribution in [3.8, 4) is 5.88 Å². The second kappa shape index (κ2) is 6.23. The molecule has 0 atom stereocenters. The standard InChI is InChI=1S/C13H17N3O4S/c1-3-20-12-6-4-5-10(15-12)9-21(18,19)13-14-7-11(8-17)16(13)2/h4-7,17H,3,8-9H2,1-2H3. The zero-order valence-electron chi connectivity index (χ0n) is 11.9. The predicted molar refractivity (Wildman–Crippen MR) is 75.4 cm³/mol. The van der Waals surface area contributed by atoms with Gasteiger partial charge in [-0.3, -0.25) is 0 Å². The van der Waals surface area contributed by atoms with E-state index in [9.17, 15) is 8.42 Å². The zero-order valence-corrected chi connectivity index (χ0v) is 12.7. The molecule has 1 N–H and O–H groups in total. The van der Waals surface area contributed by atoms with Crippen LogP contribution in [-0.4, -0.2) is 34.7 Å². The van der Waals surface area contributed by atoms with Gasteiger partial charge in [-0.15, -0.1) is 0 Å². The Kier molecular flexibility index (Phi) is 4.59. The van der Waals surface area contributed by atoms with Crippen LogP contribution < -0.4 is 4.74 Å². The molecule has 114 valence electrons. The summed E-state index contributed by atoms with van der Waals surface area (Å²) >= 11 is 0. The molecule has 2 heterocycles. The molecule has 2 aromatic heterocycles. The molecular formula is C13H17N3O4S. The lowest BCUT2D eigenvalue weighted by molar-refractivity contribution is 0.271. The number of ether oxygens (including phenoxy) is 1. The van der Waals surface area contributed by atoms with Crippen molar-refractivity contribution in [2.45, 2.75) is 24.4 Å². The van der Waals surface area contributed by atoms with Crippen molar-refractivity contribution in [2.75, 3.05) is 6.61 Å². The molecule has 2 aromatic rings. The molecule has 0 saturated heterocycles. The number of aliphatic hydroxyl groups is 1. The van der Waals surface area contributed by atoms with Gasteiger partial charge in [0.1, 0.15) is 5.75 Å². The van der Waals surface area contributed by atoms with Crippen LogP contribution in [0.1, 0.15) is 18.3 Å². The van der Waals surface area contributed by atoms with Gasteiger partial charge >= 0.3 is 0 Å². The van der Waals surface area contributed by atoms with E-state index in [-0.39, 0.29) is 17.5 Å². The molecule has 0 aliphatic heterocycles. The summed E-state index contributed by atoms with van der Waals surface area (Å²) in [4.78, 5) is 8.01. The molecule has 0 radical (unpaired) electrons. The van der Waals surface area contributed by atoms with E-state index in [0.29, 0.717) is 23.9 Å². The van der Waals surface area contributed by atoms with Crippen molar-refractivity contribution >= 4 is 9.84 Å². The first-order valence-electron chi connectivity index (χ1n) is 6.41. The first-order valence-corrected chi connectivity index (χ1v) is 8.06. The van der Waals surface area contributed by atoms with E-state index < -0.39 is 9.84 Å². The van der Waals surface area contributed by atoms with Crippen LogP contribution in [0.5, 0.6) is 5.88 Å². The molecule has 0 unspecified atom stereocenters. The number of rotatable bonds is 6. The lowest BCUT2D eigenvalue weighted by Crippen LogP contribution is -2.13. The highest BCUT2D eigenvalue weighted by atomic mass is 32.2. The van der Waals surface area contributed by atoms with Crippen molar-refractivity contribution in [1.82, 2.24) is 14.5 Å². The minimum Gasteiger partial charge on any atom is -0.478 e. The van der Waals surface area contributed by atoms with Crippen LogP contribution in [-0.2, 0) is 29.2 Å². The maximum absolute atomic E-state index is 12.4. The second-order valence-electron chi connectivity index (χ2n) is 4.41. The lowest BCUT2D eigenvalue weighted by atomic mass is 10.4. The van der Waals surface area contributed by atoms with Gasteiger partial charge in [-0.25, -0.2) is 18.4 Å². The van der Waals surface area contributed by atoms with Crippen molar-refractivity contribution in [3.05, 3.63) is 35.8 Å². The van der Waals surface area contributed by atoms with Gasteiger partial charge in [0, 0.05) is 13.1 Å². The average Bonchev–Trinajstić information content (AvgIpc) is 2.81. The molecule has 0 amide bonds. The topological polar surface area (TPSA) is 94.3 Å². The third kappa shape index (κ3) is 3.40. The van der Waals surface area contributed by atoms with Gasteiger partial charge in [-0.1, -0.05) is 6.07 Å². The molecular weight excluding hydrogens is 294 g/mol. The summed E-state index contributed by atoms with van der Waals surface area (Å²) in [6.45, 7) is 2.02. The zero-order chi connectivity index (χ0) is 15.5. The molecule has 0 aromatic carbocycles. The summed E-state index contributed by atoms with van der Waals surface area (Å²) in [6, 6.07) is 4.99. The Bertz CT molecular complexity index is 725. The Morgan fingerprint density at radius 1 is 1.38 bits per heavy atom. The molecule has 0 saturated carbocycles. The molecule has 0 fully saturated rings.